The number of nitrogens with zero attached hydrogens (tertiary/aromatic N) is 4. The molecule has 1 aliphatic heterocycles. The molecule has 0 aliphatic carbocycles. The fourth-order valence-electron chi connectivity index (χ4n) is 3.05. The van der Waals surface area contributed by atoms with Crippen molar-refractivity contribution in [2.75, 3.05) is 26.2 Å². The number of benzene rings is 1. The van der Waals surface area contributed by atoms with Crippen molar-refractivity contribution in [1.82, 2.24) is 19.6 Å². The second kappa shape index (κ2) is 7.45. The van der Waals surface area contributed by atoms with Gasteiger partial charge in [0.25, 0.3) is 5.91 Å². The zero-order valence-electron chi connectivity index (χ0n) is 14.2. The molecule has 126 valence electrons. The van der Waals surface area contributed by atoms with Crippen LogP contribution in [0.5, 0.6) is 0 Å². The van der Waals surface area contributed by atoms with Crippen LogP contribution in [0.4, 0.5) is 0 Å². The average Bonchev–Trinajstić information content (AvgIpc) is 2.95. The van der Waals surface area contributed by atoms with E-state index in [0.717, 1.165) is 50.5 Å². The molecule has 1 saturated heterocycles. The van der Waals surface area contributed by atoms with Crippen molar-refractivity contribution in [1.29, 1.82) is 0 Å². The summed E-state index contributed by atoms with van der Waals surface area (Å²) in [5.74, 6) is 0.130. The summed E-state index contributed by atoms with van der Waals surface area (Å²) in [7, 11) is 0. The van der Waals surface area contributed by atoms with Crippen LogP contribution in [0, 0.1) is 6.92 Å². The third-order valence-corrected chi connectivity index (χ3v) is 4.44. The van der Waals surface area contributed by atoms with Crippen molar-refractivity contribution in [2.45, 2.75) is 20.0 Å². The van der Waals surface area contributed by atoms with Crippen molar-refractivity contribution in [3.8, 4) is 0 Å². The quantitative estimate of drug-likeness (QED) is 0.793. The van der Waals surface area contributed by atoms with Gasteiger partial charge in [-0.15, -0.1) is 6.58 Å². The second-order valence-corrected chi connectivity index (χ2v) is 6.18. The minimum absolute atomic E-state index is 0.130. The van der Waals surface area contributed by atoms with Crippen LogP contribution < -0.4 is 0 Å². The minimum Gasteiger partial charge on any atom is -0.336 e. The van der Waals surface area contributed by atoms with E-state index in [9.17, 15) is 4.79 Å². The van der Waals surface area contributed by atoms with Crippen molar-refractivity contribution >= 4 is 5.91 Å². The number of rotatable bonds is 5. The molecule has 1 aliphatic rings. The Morgan fingerprint density at radius 1 is 1.21 bits per heavy atom. The van der Waals surface area contributed by atoms with Crippen LogP contribution in [0.1, 0.15) is 21.6 Å². The van der Waals surface area contributed by atoms with Crippen LogP contribution in [0.3, 0.4) is 0 Å². The van der Waals surface area contributed by atoms with Gasteiger partial charge in [-0.1, -0.05) is 24.3 Å². The Hall–Kier alpha value is -2.40. The van der Waals surface area contributed by atoms with E-state index in [1.165, 1.54) is 5.56 Å². The molecule has 1 fully saturated rings. The number of allylic oxidation sites excluding steroid dienone is 1. The summed E-state index contributed by atoms with van der Waals surface area (Å²) >= 11 is 0. The van der Waals surface area contributed by atoms with Crippen LogP contribution in [0.2, 0.25) is 0 Å². The average molecular weight is 324 g/mol. The maximum absolute atomic E-state index is 12.5. The number of carbonyl (C=O) groups excluding carboxylic acids is 1. The van der Waals surface area contributed by atoms with E-state index < -0.39 is 0 Å². The van der Waals surface area contributed by atoms with E-state index in [1.54, 1.807) is 0 Å². The van der Waals surface area contributed by atoms with Gasteiger partial charge in [0, 0.05) is 50.0 Å². The van der Waals surface area contributed by atoms with Gasteiger partial charge in [0.05, 0.1) is 12.2 Å². The molecule has 2 heterocycles. The van der Waals surface area contributed by atoms with Gasteiger partial charge in [0.1, 0.15) is 0 Å². The number of hydrogen-bond acceptors (Lipinski definition) is 3. The highest BCUT2D eigenvalue weighted by Crippen LogP contribution is 2.13. The van der Waals surface area contributed by atoms with E-state index >= 15 is 0 Å². The molecular formula is C19H24N4O. The van der Waals surface area contributed by atoms with Gasteiger partial charge in [-0.05, 0) is 19.1 Å². The molecule has 0 unspecified atom stereocenters. The Kier molecular flexibility index (Phi) is 5.11. The number of aryl methyl sites for hydroxylation is 1. The van der Waals surface area contributed by atoms with Crippen LogP contribution in [-0.4, -0.2) is 51.7 Å². The first-order valence-corrected chi connectivity index (χ1v) is 8.38. The van der Waals surface area contributed by atoms with Crippen molar-refractivity contribution in [2.24, 2.45) is 0 Å². The van der Waals surface area contributed by atoms with Crippen molar-refractivity contribution in [3.05, 3.63) is 66.0 Å². The predicted molar refractivity (Wildman–Crippen MR) is 94.8 cm³/mol. The van der Waals surface area contributed by atoms with Gasteiger partial charge in [-0.25, -0.2) is 0 Å². The number of amides is 1. The van der Waals surface area contributed by atoms with Crippen molar-refractivity contribution in [3.63, 3.8) is 0 Å². The van der Waals surface area contributed by atoms with E-state index in [-0.39, 0.29) is 5.91 Å². The fourth-order valence-corrected chi connectivity index (χ4v) is 3.05. The molecule has 5 heteroatoms. The zero-order valence-corrected chi connectivity index (χ0v) is 14.2. The second-order valence-electron chi connectivity index (χ2n) is 6.18. The molecule has 0 saturated carbocycles. The summed E-state index contributed by atoms with van der Waals surface area (Å²) in [6.45, 7) is 10.7. The Morgan fingerprint density at radius 2 is 1.92 bits per heavy atom. The van der Waals surface area contributed by atoms with E-state index in [2.05, 4.69) is 22.8 Å². The monoisotopic (exact) mass is 324 g/mol. The minimum atomic E-state index is 0.130. The molecule has 0 spiro atoms. The third-order valence-electron chi connectivity index (χ3n) is 4.44. The molecule has 1 aromatic carbocycles. The lowest BCUT2D eigenvalue weighted by Gasteiger charge is -2.34. The predicted octanol–water partition coefficient (Wildman–Crippen LogP) is 2.34. The maximum Gasteiger partial charge on any atom is 0.253 e. The van der Waals surface area contributed by atoms with Gasteiger partial charge in [0.15, 0.2) is 0 Å². The van der Waals surface area contributed by atoms with Crippen LogP contribution in [0.15, 0.2) is 49.2 Å². The van der Waals surface area contributed by atoms with Crippen LogP contribution in [-0.2, 0) is 13.1 Å². The van der Waals surface area contributed by atoms with Gasteiger partial charge in [-0.3, -0.25) is 14.4 Å². The first-order valence-electron chi connectivity index (χ1n) is 8.38. The molecule has 3 rings (SSSR count). The molecule has 0 bridgehead atoms. The molecule has 0 atom stereocenters. The normalized spacial score (nSPS) is 15.5. The highest BCUT2D eigenvalue weighted by Gasteiger charge is 2.22. The molecule has 1 aromatic heterocycles. The molecule has 2 aromatic rings. The smallest absolute Gasteiger partial charge is 0.253 e. The van der Waals surface area contributed by atoms with Crippen LogP contribution in [0.25, 0.3) is 0 Å². The van der Waals surface area contributed by atoms with E-state index in [0.29, 0.717) is 0 Å². The summed E-state index contributed by atoms with van der Waals surface area (Å²) in [5.41, 5.74) is 3.09. The Balaban J connectivity index is 1.55. The highest BCUT2D eigenvalue weighted by molar-refractivity contribution is 5.94. The van der Waals surface area contributed by atoms with Gasteiger partial charge in [0.2, 0.25) is 0 Å². The SMILES string of the molecule is C=CCn1cc(CN2CCN(C(=O)c3ccccc3)CC2)c(C)n1. The topological polar surface area (TPSA) is 41.4 Å². The standard InChI is InChI=1S/C19H24N4O/c1-3-9-23-15-18(16(2)20-23)14-21-10-12-22(13-11-21)19(24)17-7-5-4-6-8-17/h3-8,15H,1,9-14H2,2H3. The summed E-state index contributed by atoms with van der Waals surface area (Å²) in [4.78, 5) is 16.8. The number of aromatic nitrogens is 2. The molecule has 0 radical (unpaired) electrons. The molecule has 5 nitrogen and oxygen atoms in total. The van der Waals surface area contributed by atoms with E-state index in [4.69, 9.17) is 0 Å². The number of carbonyl (C=O) groups is 1. The lowest BCUT2D eigenvalue weighted by Crippen LogP contribution is -2.48. The Bertz CT molecular complexity index is 699. The summed E-state index contributed by atoms with van der Waals surface area (Å²) < 4.78 is 1.92. The lowest BCUT2D eigenvalue weighted by atomic mass is 10.1. The molecule has 0 N–H and O–H groups in total. The highest BCUT2D eigenvalue weighted by atomic mass is 16.2. The maximum atomic E-state index is 12.5. The summed E-state index contributed by atoms with van der Waals surface area (Å²) in [5, 5.41) is 4.50. The van der Waals surface area contributed by atoms with Gasteiger partial charge >= 0.3 is 0 Å². The zero-order chi connectivity index (χ0) is 16.9. The fraction of sp³-hybridized carbons (Fsp3) is 0.368. The molecule has 1 amide bonds. The summed E-state index contributed by atoms with van der Waals surface area (Å²) in [6.07, 6.45) is 3.95. The lowest BCUT2D eigenvalue weighted by molar-refractivity contribution is 0.0628. The number of piperazine rings is 1. The Labute approximate surface area is 143 Å². The summed E-state index contributed by atoms with van der Waals surface area (Å²) in [6, 6.07) is 9.52. The molecule has 24 heavy (non-hydrogen) atoms. The van der Waals surface area contributed by atoms with E-state index in [1.807, 2.05) is 52.9 Å². The number of hydrogen-bond donors (Lipinski definition) is 0. The van der Waals surface area contributed by atoms with Crippen molar-refractivity contribution < 1.29 is 4.79 Å². The van der Waals surface area contributed by atoms with Crippen LogP contribution >= 0.6 is 0 Å². The largest absolute Gasteiger partial charge is 0.336 e. The van der Waals surface area contributed by atoms with Gasteiger partial charge < -0.3 is 4.90 Å². The first-order chi connectivity index (χ1) is 11.7. The first kappa shape index (κ1) is 16.5. The molecular weight excluding hydrogens is 300 g/mol. The third kappa shape index (κ3) is 3.74. The van der Waals surface area contributed by atoms with Gasteiger partial charge in [-0.2, -0.15) is 5.10 Å². The Morgan fingerprint density at radius 3 is 2.58 bits per heavy atom.